The quantitative estimate of drug-likeness (QED) is 0.749. The van der Waals surface area contributed by atoms with E-state index in [0.29, 0.717) is 12.0 Å². The fourth-order valence-electron chi connectivity index (χ4n) is 1.55. The highest BCUT2D eigenvalue weighted by atomic mass is 16.5. The molecular weight excluding hydrogens is 220 g/mol. The van der Waals surface area contributed by atoms with Gasteiger partial charge >= 0.3 is 11.9 Å². The summed E-state index contributed by atoms with van der Waals surface area (Å²) in [5.74, 6) is -0.671. The van der Waals surface area contributed by atoms with E-state index in [4.69, 9.17) is 4.74 Å². The van der Waals surface area contributed by atoms with Crippen molar-refractivity contribution in [3.05, 3.63) is 34.9 Å². The number of carbonyl (C=O) groups is 2. The third-order valence-corrected chi connectivity index (χ3v) is 2.50. The summed E-state index contributed by atoms with van der Waals surface area (Å²) in [6.07, 6.45) is 0.723. The molecule has 4 heteroatoms. The van der Waals surface area contributed by atoms with Crippen LogP contribution in [0.15, 0.2) is 18.2 Å². The molecule has 1 aromatic rings. The van der Waals surface area contributed by atoms with Crippen molar-refractivity contribution in [1.29, 1.82) is 0 Å². The van der Waals surface area contributed by atoms with Gasteiger partial charge in [-0.25, -0.2) is 4.79 Å². The first kappa shape index (κ1) is 13.2. The number of esters is 2. The minimum Gasteiger partial charge on any atom is -0.469 e. The van der Waals surface area contributed by atoms with E-state index in [1.807, 2.05) is 19.1 Å². The number of ether oxygens (including phenoxy) is 2. The Bertz CT molecular complexity index is 423. The van der Waals surface area contributed by atoms with Crippen molar-refractivity contribution >= 4 is 11.9 Å². The molecule has 0 heterocycles. The second-order valence-corrected chi connectivity index (χ2v) is 3.73. The molecule has 0 atom stereocenters. The van der Waals surface area contributed by atoms with E-state index < -0.39 is 0 Å². The number of aryl methyl sites for hydroxylation is 2. The second kappa shape index (κ2) is 6.03. The smallest absolute Gasteiger partial charge is 0.338 e. The van der Waals surface area contributed by atoms with Gasteiger partial charge < -0.3 is 9.47 Å². The number of hydrogen-bond acceptors (Lipinski definition) is 4. The topological polar surface area (TPSA) is 52.6 Å². The summed E-state index contributed by atoms with van der Waals surface area (Å²) in [5.41, 5.74) is 2.29. The highest BCUT2D eigenvalue weighted by molar-refractivity contribution is 5.91. The Kier molecular flexibility index (Phi) is 4.69. The number of methoxy groups -OCH3 is 2. The summed E-state index contributed by atoms with van der Waals surface area (Å²) >= 11 is 0. The lowest BCUT2D eigenvalue weighted by atomic mass is 10.0. The molecule has 0 aliphatic rings. The Hall–Kier alpha value is -1.84. The molecule has 0 spiro atoms. The van der Waals surface area contributed by atoms with Gasteiger partial charge in [-0.3, -0.25) is 4.79 Å². The van der Waals surface area contributed by atoms with Gasteiger partial charge in [-0.15, -0.1) is 0 Å². The summed E-state index contributed by atoms with van der Waals surface area (Å²) in [4.78, 5) is 22.6. The molecule has 0 bridgehead atoms. The summed E-state index contributed by atoms with van der Waals surface area (Å²) in [5, 5.41) is 0. The predicted molar refractivity (Wildman–Crippen MR) is 62.9 cm³/mol. The van der Waals surface area contributed by atoms with E-state index in [-0.39, 0.29) is 18.4 Å². The van der Waals surface area contributed by atoms with E-state index in [9.17, 15) is 9.59 Å². The first-order valence-corrected chi connectivity index (χ1v) is 5.33. The van der Waals surface area contributed by atoms with Crippen LogP contribution in [0.2, 0.25) is 0 Å². The van der Waals surface area contributed by atoms with Crippen molar-refractivity contribution < 1.29 is 19.1 Å². The maximum absolute atomic E-state index is 11.6. The molecule has 17 heavy (non-hydrogen) atoms. The summed E-state index contributed by atoms with van der Waals surface area (Å²) in [6.45, 7) is 1.90. The fourth-order valence-corrected chi connectivity index (χ4v) is 1.55. The Morgan fingerprint density at radius 2 is 1.88 bits per heavy atom. The van der Waals surface area contributed by atoms with Gasteiger partial charge in [-0.05, 0) is 25.0 Å². The fraction of sp³-hybridized carbons (Fsp3) is 0.385. The Labute approximate surface area is 101 Å². The molecule has 0 N–H and O–H groups in total. The maximum atomic E-state index is 11.6. The van der Waals surface area contributed by atoms with E-state index in [2.05, 4.69) is 4.74 Å². The van der Waals surface area contributed by atoms with E-state index in [1.54, 1.807) is 6.07 Å². The zero-order valence-electron chi connectivity index (χ0n) is 10.3. The van der Waals surface area contributed by atoms with Gasteiger partial charge in [0.2, 0.25) is 0 Å². The number of hydrogen-bond donors (Lipinski definition) is 0. The van der Waals surface area contributed by atoms with Gasteiger partial charge in [0.25, 0.3) is 0 Å². The lowest BCUT2D eigenvalue weighted by molar-refractivity contribution is -0.140. The molecule has 1 aromatic carbocycles. The average Bonchev–Trinajstić information content (AvgIpc) is 2.35. The van der Waals surface area contributed by atoms with Gasteiger partial charge in [0, 0.05) is 6.42 Å². The molecule has 0 aromatic heterocycles. The highest BCUT2D eigenvalue weighted by Crippen LogP contribution is 2.15. The Morgan fingerprint density at radius 3 is 2.47 bits per heavy atom. The zero-order chi connectivity index (χ0) is 12.8. The normalized spacial score (nSPS) is 9.82. The molecule has 1 rings (SSSR count). The van der Waals surface area contributed by atoms with Gasteiger partial charge in [0.05, 0.1) is 19.8 Å². The lowest BCUT2D eigenvalue weighted by Crippen LogP contribution is -2.08. The minimum atomic E-state index is -0.381. The highest BCUT2D eigenvalue weighted by Gasteiger charge is 2.13. The predicted octanol–water partition coefficient (Wildman–Crippen LogP) is 1.89. The molecule has 0 aliphatic carbocycles. The molecular formula is C13H16O4. The summed E-state index contributed by atoms with van der Waals surface area (Å²) < 4.78 is 9.28. The van der Waals surface area contributed by atoms with Crippen molar-refractivity contribution in [2.45, 2.75) is 19.8 Å². The van der Waals surface area contributed by atoms with Crippen LogP contribution in [0.5, 0.6) is 0 Å². The summed E-state index contributed by atoms with van der Waals surface area (Å²) in [7, 11) is 2.69. The van der Waals surface area contributed by atoms with Crippen LogP contribution < -0.4 is 0 Å². The first-order valence-electron chi connectivity index (χ1n) is 5.33. The van der Waals surface area contributed by atoms with Crippen LogP contribution in [0.25, 0.3) is 0 Å². The maximum Gasteiger partial charge on any atom is 0.338 e. The van der Waals surface area contributed by atoms with Gasteiger partial charge in [-0.2, -0.15) is 0 Å². The largest absolute Gasteiger partial charge is 0.469 e. The van der Waals surface area contributed by atoms with Crippen LogP contribution in [0, 0.1) is 6.92 Å². The SMILES string of the molecule is COC(=O)CCc1ccc(C)cc1C(=O)OC. The molecule has 92 valence electrons. The molecule has 0 saturated carbocycles. The van der Waals surface area contributed by atoms with Gasteiger partial charge in [-0.1, -0.05) is 17.7 Å². The number of carbonyl (C=O) groups excluding carboxylic acids is 2. The van der Waals surface area contributed by atoms with Crippen molar-refractivity contribution in [3.63, 3.8) is 0 Å². The van der Waals surface area contributed by atoms with Crippen LogP contribution in [0.3, 0.4) is 0 Å². The van der Waals surface area contributed by atoms with E-state index in [1.165, 1.54) is 14.2 Å². The van der Waals surface area contributed by atoms with Gasteiger partial charge in [0.1, 0.15) is 0 Å². The van der Waals surface area contributed by atoms with E-state index in [0.717, 1.165) is 11.1 Å². The van der Waals surface area contributed by atoms with Crippen LogP contribution in [-0.4, -0.2) is 26.2 Å². The lowest BCUT2D eigenvalue weighted by Gasteiger charge is -2.08. The molecule has 0 fully saturated rings. The number of rotatable bonds is 4. The second-order valence-electron chi connectivity index (χ2n) is 3.73. The molecule has 4 nitrogen and oxygen atoms in total. The van der Waals surface area contributed by atoms with Crippen molar-refractivity contribution in [1.82, 2.24) is 0 Å². The minimum absolute atomic E-state index is 0.254. The van der Waals surface area contributed by atoms with Crippen molar-refractivity contribution in [2.24, 2.45) is 0 Å². The third kappa shape index (κ3) is 3.59. The van der Waals surface area contributed by atoms with Crippen molar-refractivity contribution in [3.8, 4) is 0 Å². The molecule has 0 amide bonds. The van der Waals surface area contributed by atoms with Crippen LogP contribution in [-0.2, 0) is 20.7 Å². The Balaban J connectivity index is 2.90. The monoisotopic (exact) mass is 236 g/mol. The van der Waals surface area contributed by atoms with Crippen LogP contribution in [0.1, 0.15) is 27.9 Å². The number of benzene rings is 1. The van der Waals surface area contributed by atoms with Gasteiger partial charge in [0.15, 0.2) is 0 Å². The standard InChI is InChI=1S/C13H16O4/c1-9-4-5-10(6-7-12(14)16-2)11(8-9)13(15)17-3/h4-5,8H,6-7H2,1-3H3. The zero-order valence-corrected chi connectivity index (χ0v) is 10.3. The first-order chi connectivity index (χ1) is 8.08. The molecule has 0 unspecified atom stereocenters. The molecule has 0 radical (unpaired) electrons. The molecule has 0 saturated heterocycles. The van der Waals surface area contributed by atoms with Crippen molar-refractivity contribution in [2.75, 3.05) is 14.2 Å². The van der Waals surface area contributed by atoms with E-state index >= 15 is 0 Å². The Morgan fingerprint density at radius 1 is 1.18 bits per heavy atom. The molecule has 0 aliphatic heterocycles. The summed E-state index contributed by atoms with van der Waals surface area (Å²) in [6, 6.07) is 5.50. The average molecular weight is 236 g/mol. The third-order valence-electron chi connectivity index (χ3n) is 2.50. The van der Waals surface area contributed by atoms with Crippen LogP contribution >= 0.6 is 0 Å². The van der Waals surface area contributed by atoms with Crippen LogP contribution in [0.4, 0.5) is 0 Å².